The Morgan fingerprint density at radius 1 is 1.06 bits per heavy atom. The van der Waals surface area contributed by atoms with E-state index in [1.807, 2.05) is 0 Å². The molecule has 0 unspecified atom stereocenters. The average Bonchev–Trinajstić information content (AvgIpc) is 2.78. The fraction of sp³-hybridized carbons (Fsp3) is 0.391. The van der Waals surface area contributed by atoms with Gasteiger partial charge in [0.15, 0.2) is 0 Å². The van der Waals surface area contributed by atoms with E-state index in [1.165, 1.54) is 10.4 Å². The second-order valence-corrected chi connectivity index (χ2v) is 10.2. The SMILES string of the molecule is Cc1ccc(NC(=O)[C@@H](NC(=O)c2c(F)cccc2F)C(C)C)cc1S(=O)(=O)N1CCOCC1. The number of nitrogens with zero attached hydrogens (tertiary/aromatic N) is 1. The highest BCUT2D eigenvalue weighted by Gasteiger charge is 2.30. The third kappa shape index (κ3) is 5.60. The minimum atomic E-state index is -3.80. The Hall–Kier alpha value is -2.89. The third-order valence-corrected chi connectivity index (χ3v) is 7.51. The summed E-state index contributed by atoms with van der Waals surface area (Å²) in [6, 6.07) is 6.37. The minimum absolute atomic E-state index is 0.0470. The topological polar surface area (TPSA) is 105 Å². The molecule has 2 aromatic rings. The van der Waals surface area contributed by atoms with Crippen molar-refractivity contribution in [2.24, 2.45) is 5.92 Å². The summed E-state index contributed by atoms with van der Waals surface area (Å²) in [4.78, 5) is 25.5. The molecule has 34 heavy (non-hydrogen) atoms. The smallest absolute Gasteiger partial charge is 0.257 e. The van der Waals surface area contributed by atoms with E-state index in [0.717, 1.165) is 18.2 Å². The van der Waals surface area contributed by atoms with Crippen LogP contribution in [0.1, 0.15) is 29.8 Å². The van der Waals surface area contributed by atoms with Gasteiger partial charge in [0.25, 0.3) is 5.91 Å². The standard InChI is InChI=1S/C23H27F2N3O5S/c1-14(2)21(27-22(29)20-17(24)5-4-6-18(20)25)23(30)26-16-8-7-15(3)19(13-16)34(31,32)28-9-11-33-12-10-28/h4-8,13-14,21H,9-12H2,1-3H3,(H,26,30)(H,27,29)/t21-/m0/s1. The van der Waals surface area contributed by atoms with E-state index in [2.05, 4.69) is 10.6 Å². The number of carbonyl (C=O) groups is 2. The van der Waals surface area contributed by atoms with Gasteiger partial charge in [-0.05, 0) is 42.7 Å². The van der Waals surface area contributed by atoms with Crippen molar-refractivity contribution in [3.8, 4) is 0 Å². The van der Waals surface area contributed by atoms with Crippen LogP contribution in [0.5, 0.6) is 0 Å². The molecule has 1 aliphatic heterocycles. The summed E-state index contributed by atoms with van der Waals surface area (Å²) in [5.74, 6) is -4.24. The number of carbonyl (C=O) groups excluding carboxylic acids is 2. The lowest BCUT2D eigenvalue weighted by Gasteiger charge is -2.27. The summed E-state index contributed by atoms with van der Waals surface area (Å²) in [6.07, 6.45) is 0. The number of halogens is 2. The predicted molar refractivity (Wildman–Crippen MR) is 122 cm³/mol. The first kappa shape index (κ1) is 25.7. The molecule has 11 heteroatoms. The van der Waals surface area contributed by atoms with Crippen molar-refractivity contribution < 1.29 is 31.5 Å². The Bertz CT molecular complexity index is 1160. The van der Waals surface area contributed by atoms with E-state index in [4.69, 9.17) is 4.74 Å². The maximum absolute atomic E-state index is 14.0. The van der Waals surface area contributed by atoms with Crippen molar-refractivity contribution in [2.75, 3.05) is 31.6 Å². The van der Waals surface area contributed by atoms with Crippen molar-refractivity contribution in [1.29, 1.82) is 0 Å². The Balaban J connectivity index is 1.81. The first-order chi connectivity index (χ1) is 16.0. The molecule has 2 N–H and O–H groups in total. The van der Waals surface area contributed by atoms with Crippen LogP contribution in [-0.2, 0) is 19.6 Å². The third-order valence-electron chi connectivity index (χ3n) is 5.47. The van der Waals surface area contributed by atoms with Gasteiger partial charge in [-0.25, -0.2) is 17.2 Å². The normalized spacial score (nSPS) is 15.7. The van der Waals surface area contributed by atoms with Crippen LogP contribution in [0, 0.1) is 24.5 Å². The maximum atomic E-state index is 14.0. The molecule has 3 rings (SSSR count). The molecule has 1 saturated heterocycles. The molecule has 1 heterocycles. The van der Waals surface area contributed by atoms with Gasteiger partial charge in [-0.1, -0.05) is 26.0 Å². The highest BCUT2D eigenvalue weighted by Crippen LogP contribution is 2.25. The molecule has 1 aliphatic rings. The highest BCUT2D eigenvalue weighted by atomic mass is 32.2. The number of ether oxygens (including phenoxy) is 1. The van der Waals surface area contributed by atoms with Gasteiger partial charge in [-0.2, -0.15) is 4.31 Å². The number of amides is 2. The lowest BCUT2D eigenvalue weighted by Crippen LogP contribution is -2.47. The number of hydrogen-bond acceptors (Lipinski definition) is 5. The number of aryl methyl sites for hydroxylation is 1. The molecule has 1 atom stereocenters. The Labute approximate surface area is 197 Å². The zero-order valence-electron chi connectivity index (χ0n) is 19.1. The zero-order valence-corrected chi connectivity index (χ0v) is 19.9. The van der Waals surface area contributed by atoms with Crippen LogP contribution in [0.25, 0.3) is 0 Å². The fourth-order valence-electron chi connectivity index (χ4n) is 3.56. The van der Waals surface area contributed by atoms with Gasteiger partial charge in [0.05, 0.1) is 18.1 Å². The van der Waals surface area contributed by atoms with Crippen LogP contribution in [0.3, 0.4) is 0 Å². The first-order valence-electron chi connectivity index (χ1n) is 10.8. The van der Waals surface area contributed by atoms with Gasteiger partial charge in [-0.15, -0.1) is 0 Å². The molecule has 0 aromatic heterocycles. The van der Waals surface area contributed by atoms with Gasteiger partial charge < -0.3 is 15.4 Å². The number of rotatable bonds is 7. The van der Waals surface area contributed by atoms with E-state index in [0.29, 0.717) is 18.8 Å². The lowest BCUT2D eigenvalue weighted by molar-refractivity contribution is -0.118. The molecule has 1 fully saturated rings. The molecule has 2 aromatic carbocycles. The van der Waals surface area contributed by atoms with Crippen molar-refractivity contribution in [1.82, 2.24) is 9.62 Å². The fourth-order valence-corrected chi connectivity index (χ4v) is 5.22. The number of hydrogen-bond donors (Lipinski definition) is 2. The molecule has 0 saturated carbocycles. The molecule has 0 radical (unpaired) electrons. The van der Waals surface area contributed by atoms with Crippen molar-refractivity contribution in [3.63, 3.8) is 0 Å². The van der Waals surface area contributed by atoms with Crippen molar-refractivity contribution in [2.45, 2.75) is 31.7 Å². The van der Waals surface area contributed by atoms with Gasteiger partial charge in [0.1, 0.15) is 23.2 Å². The molecule has 0 aliphatic carbocycles. The van der Waals surface area contributed by atoms with Gasteiger partial charge in [-0.3, -0.25) is 9.59 Å². The molecule has 0 bridgehead atoms. The van der Waals surface area contributed by atoms with E-state index in [9.17, 15) is 26.8 Å². The summed E-state index contributed by atoms with van der Waals surface area (Å²) in [7, 11) is -3.80. The highest BCUT2D eigenvalue weighted by molar-refractivity contribution is 7.89. The average molecular weight is 496 g/mol. The summed E-state index contributed by atoms with van der Waals surface area (Å²) < 4.78 is 60.7. The second kappa shape index (κ2) is 10.6. The predicted octanol–water partition coefficient (Wildman–Crippen LogP) is 2.69. The second-order valence-electron chi connectivity index (χ2n) is 8.28. The minimum Gasteiger partial charge on any atom is -0.379 e. The summed E-state index contributed by atoms with van der Waals surface area (Å²) in [6.45, 7) is 6.02. The first-order valence-corrected chi connectivity index (χ1v) is 12.2. The van der Waals surface area contributed by atoms with Crippen LogP contribution in [-0.4, -0.2) is 56.9 Å². The zero-order chi connectivity index (χ0) is 25.0. The molecule has 184 valence electrons. The summed E-state index contributed by atoms with van der Waals surface area (Å²) in [5.41, 5.74) is -0.0668. The molecule has 2 amide bonds. The van der Waals surface area contributed by atoms with Crippen molar-refractivity contribution >= 4 is 27.5 Å². The Morgan fingerprint density at radius 3 is 2.26 bits per heavy atom. The molecular formula is C23H27F2N3O5S. The van der Waals surface area contributed by atoms with E-state index >= 15 is 0 Å². The van der Waals surface area contributed by atoms with E-state index in [-0.39, 0.29) is 23.7 Å². The van der Waals surface area contributed by atoms with Gasteiger partial charge >= 0.3 is 0 Å². The lowest BCUT2D eigenvalue weighted by atomic mass is 10.0. The molecular weight excluding hydrogens is 468 g/mol. The summed E-state index contributed by atoms with van der Waals surface area (Å²) >= 11 is 0. The number of sulfonamides is 1. The number of anilines is 1. The van der Waals surface area contributed by atoms with Crippen LogP contribution in [0.2, 0.25) is 0 Å². The quantitative estimate of drug-likeness (QED) is 0.615. The van der Waals surface area contributed by atoms with E-state index in [1.54, 1.807) is 32.9 Å². The number of benzene rings is 2. The Kier molecular flexibility index (Phi) is 8.01. The summed E-state index contributed by atoms with van der Waals surface area (Å²) in [5, 5.41) is 4.97. The van der Waals surface area contributed by atoms with Crippen LogP contribution < -0.4 is 10.6 Å². The van der Waals surface area contributed by atoms with Crippen LogP contribution >= 0.6 is 0 Å². The monoisotopic (exact) mass is 495 g/mol. The van der Waals surface area contributed by atoms with E-state index < -0.39 is 51.0 Å². The molecule has 8 nitrogen and oxygen atoms in total. The van der Waals surface area contributed by atoms with Crippen LogP contribution in [0.15, 0.2) is 41.3 Å². The van der Waals surface area contributed by atoms with Gasteiger partial charge in [0.2, 0.25) is 15.9 Å². The number of morpholine rings is 1. The maximum Gasteiger partial charge on any atom is 0.257 e. The van der Waals surface area contributed by atoms with Crippen molar-refractivity contribution in [3.05, 3.63) is 59.2 Å². The molecule has 0 spiro atoms. The largest absolute Gasteiger partial charge is 0.379 e. The number of nitrogens with one attached hydrogen (secondary N) is 2. The Morgan fingerprint density at radius 2 is 1.68 bits per heavy atom. The van der Waals surface area contributed by atoms with Gasteiger partial charge in [0, 0.05) is 18.8 Å². The van der Waals surface area contributed by atoms with Crippen LogP contribution in [0.4, 0.5) is 14.5 Å².